The summed E-state index contributed by atoms with van der Waals surface area (Å²) in [5, 5.41) is 16.0. The third-order valence-corrected chi connectivity index (χ3v) is 5.23. The van der Waals surface area contributed by atoms with Crippen molar-refractivity contribution in [2.24, 2.45) is 0 Å². The molecule has 1 aliphatic rings. The fourth-order valence-corrected chi connectivity index (χ4v) is 3.56. The predicted molar refractivity (Wildman–Crippen MR) is 111 cm³/mol. The van der Waals surface area contributed by atoms with Gasteiger partial charge in [0.2, 0.25) is 5.91 Å². The van der Waals surface area contributed by atoms with Gasteiger partial charge in [-0.05, 0) is 43.0 Å². The van der Waals surface area contributed by atoms with Crippen molar-refractivity contribution in [3.05, 3.63) is 41.5 Å². The van der Waals surface area contributed by atoms with Crippen LogP contribution in [0.3, 0.4) is 0 Å². The molecule has 0 radical (unpaired) electrons. The van der Waals surface area contributed by atoms with Crippen molar-refractivity contribution < 1.29 is 24.2 Å². The van der Waals surface area contributed by atoms with Crippen LogP contribution in [-0.2, 0) is 20.9 Å². The first-order valence-corrected chi connectivity index (χ1v) is 10.1. The van der Waals surface area contributed by atoms with Crippen LogP contribution in [0.15, 0.2) is 35.9 Å². The number of hydrogen-bond acceptors (Lipinski definition) is 5. The zero-order valence-electron chi connectivity index (χ0n) is 17.6. The molecule has 1 aromatic rings. The van der Waals surface area contributed by atoms with Crippen molar-refractivity contribution in [1.82, 2.24) is 10.6 Å². The second-order valence-electron chi connectivity index (χ2n) is 7.30. The molecule has 0 spiro atoms. The maximum Gasteiger partial charge on any atom is 0.331 e. The van der Waals surface area contributed by atoms with Crippen LogP contribution >= 0.6 is 0 Å². The van der Waals surface area contributed by atoms with E-state index in [0.29, 0.717) is 18.5 Å². The third kappa shape index (κ3) is 6.58. The normalized spacial score (nSPS) is 21.6. The molecule has 160 valence electrons. The molecule has 7 nitrogen and oxygen atoms in total. The van der Waals surface area contributed by atoms with Gasteiger partial charge in [0, 0.05) is 25.1 Å². The fraction of sp³-hybridized carbons (Fsp3) is 0.545. The summed E-state index contributed by atoms with van der Waals surface area (Å²) in [5.41, 5.74) is 1.34. The number of nitrogens with one attached hydrogen (secondary N) is 2. The molecule has 1 amide bonds. The van der Waals surface area contributed by atoms with E-state index in [2.05, 4.69) is 10.6 Å². The number of benzene rings is 1. The van der Waals surface area contributed by atoms with E-state index in [4.69, 9.17) is 9.47 Å². The van der Waals surface area contributed by atoms with E-state index in [1.54, 1.807) is 13.2 Å². The largest absolute Gasteiger partial charge is 0.497 e. The van der Waals surface area contributed by atoms with Crippen LogP contribution in [0, 0.1) is 0 Å². The van der Waals surface area contributed by atoms with Gasteiger partial charge in [-0.2, -0.15) is 0 Å². The number of amides is 1. The van der Waals surface area contributed by atoms with Gasteiger partial charge >= 0.3 is 5.97 Å². The van der Waals surface area contributed by atoms with Gasteiger partial charge in [0.05, 0.1) is 25.4 Å². The molecule has 0 aliphatic heterocycles. The first kappa shape index (κ1) is 22.9. The SMILES string of the molecule is CCC(CC)O[C@@H]1C=C(C(=O)O)C[C@H](NCc2ccc(OC)cc2)[C@H]1NC(C)=O. The second kappa shape index (κ2) is 11.0. The molecule has 2 rings (SSSR count). The van der Waals surface area contributed by atoms with Crippen LogP contribution in [0.2, 0.25) is 0 Å². The number of aliphatic carboxylic acids is 1. The topological polar surface area (TPSA) is 96.9 Å². The molecule has 0 saturated carbocycles. The number of carbonyl (C=O) groups excluding carboxylic acids is 1. The summed E-state index contributed by atoms with van der Waals surface area (Å²) in [7, 11) is 1.62. The average Bonchev–Trinajstić information content (AvgIpc) is 2.71. The van der Waals surface area contributed by atoms with Gasteiger partial charge in [0.25, 0.3) is 0 Å². The van der Waals surface area contributed by atoms with Gasteiger partial charge in [0.15, 0.2) is 0 Å². The maximum absolute atomic E-state index is 11.8. The van der Waals surface area contributed by atoms with Gasteiger partial charge in [-0.3, -0.25) is 4.79 Å². The van der Waals surface area contributed by atoms with Crippen LogP contribution < -0.4 is 15.4 Å². The van der Waals surface area contributed by atoms with Crippen molar-refractivity contribution in [1.29, 1.82) is 0 Å². The molecular weight excluding hydrogens is 372 g/mol. The number of carbonyl (C=O) groups is 2. The molecule has 0 heterocycles. The lowest BCUT2D eigenvalue weighted by Crippen LogP contribution is -2.58. The summed E-state index contributed by atoms with van der Waals surface area (Å²) < 4.78 is 11.4. The molecule has 29 heavy (non-hydrogen) atoms. The molecule has 0 bridgehead atoms. The average molecular weight is 405 g/mol. The Balaban J connectivity index is 2.22. The van der Waals surface area contributed by atoms with Crippen LogP contribution in [0.25, 0.3) is 0 Å². The highest BCUT2D eigenvalue weighted by Crippen LogP contribution is 2.25. The van der Waals surface area contributed by atoms with Crippen LogP contribution in [0.5, 0.6) is 5.75 Å². The van der Waals surface area contributed by atoms with Gasteiger partial charge in [-0.15, -0.1) is 0 Å². The van der Waals surface area contributed by atoms with Gasteiger partial charge in [0.1, 0.15) is 5.75 Å². The monoisotopic (exact) mass is 404 g/mol. The Hall–Kier alpha value is -2.38. The smallest absolute Gasteiger partial charge is 0.331 e. The summed E-state index contributed by atoms with van der Waals surface area (Å²) in [5.74, 6) is -0.352. The molecular formula is C22H32N2O5. The van der Waals surface area contributed by atoms with Gasteiger partial charge in [-0.25, -0.2) is 4.79 Å². The lowest BCUT2D eigenvalue weighted by atomic mass is 9.87. The van der Waals surface area contributed by atoms with Crippen LogP contribution in [0.4, 0.5) is 0 Å². The molecule has 7 heteroatoms. The molecule has 0 unspecified atom stereocenters. The minimum atomic E-state index is -0.958. The Morgan fingerprint density at radius 1 is 1.21 bits per heavy atom. The van der Waals surface area contributed by atoms with Crippen molar-refractivity contribution in [2.45, 2.75) is 70.9 Å². The first-order chi connectivity index (χ1) is 13.9. The Morgan fingerprint density at radius 3 is 2.38 bits per heavy atom. The Labute approximate surface area is 172 Å². The molecule has 0 saturated heterocycles. The molecule has 1 aliphatic carbocycles. The summed E-state index contributed by atoms with van der Waals surface area (Å²) in [6, 6.07) is 7.05. The Kier molecular flexibility index (Phi) is 8.67. The van der Waals surface area contributed by atoms with Crippen LogP contribution in [0.1, 0.15) is 45.6 Å². The predicted octanol–water partition coefficient (Wildman–Crippen LogP) is 2.65. The molecule has 1 aromatic carbocycles. The van der Waals surface area contributed by atoms with Gasteiger partial charge < -0.3 is 25.2 Å². The molecule has 3 N–H and O–H groups in total. The zero-order chi connectivity index (χ0) is 21.4. The molecule has 3 atom stereocenters. The Morgan fingerprint density at radius 2 is 1.86 bits per heavy atom. The van der Waals surface area contributed by atoms with E-state index in [0.717, 1.165) is 24.2 Å². The number of methoxy groups -OCH3 is 1. The standard InChI is InChI=1S/C22H32N2O5/c1-5-17(6-2)29-20-12-16(22(26)27)11-19(21(20)24-14(3)25)23-13-15-7-9-18(28-4)10-8-15/h7-10,12,17,19-21,23H,5-6,11,13H2,1-4H3,(H,24,25)(H,26,27)/t19-,20+,21+/m0/s1. The van der Waals surface area contributed by atoms with Crippen molar-refractivity contribution in [3.63, 3.8) is 0 Å². The highest BCUT2D eigenvalue weighted by Gasteiger charge is 2.37. The summed E-state index contributed by atoms with van der Waals surface area (Å²) in [6.45, 7) is 6.07. The highest BCUT2D eigenvalue weighted by atomic mass is 16.5. The van der Waals surface area contributed by atoms with E-state index in [1.807, 2.05) is 38.1 Å². The van der Waals surface area contributed by atoms with Crippen LogP contribution in [-0.4, -0.2) is 48.4 Å². The van der Waals surface area contributed by atoms with E-state index in [-0.39, 0.29) is 24.1 Å². The Bertz CT molecular complexity index is 712. The van der Waals surface area contributed by atoms with Crippen molar-refractivity contribution in [2.75, 3.05) is 7.11 Å². The zero-order valence-corrected chi connectivity index (χ0v) is 17.6. The minimum absolute atomic E-state index is 0.00268. The summed E-state index contributed by atoms with van der Waals surface area (Å²) >= 11 is 0. The highest BCUT2D eigenvalue weighted by molar-refractivity contribution is 5.87. The van der Waals surface area contributed by atoms with E-state index in [9.17, 15) is 14.7 Å². The maximum atomic E-state index is 11.8. The first-order valence-electron chi connectivity index (χ1n) is 10.1. The summed E-state index contributed by atoms with van der Waals surface area (Å²) in [6.07, 6.45) is 3.09. The third-order valence-electron chi connectivity index (χ3n) is 5.23. The number of carboxylic acid groups (broad SMARTS) is 1. The number of carboxylic acids is 1. The quantitative estimate of drug-likeness (QED) is 0.555. The lowest BCUT2D eigenvalue weighted by Gasteiger charge is -2.38. The second-order valence-corrected chi connectivity index (χ2v) is 7.30. The molecule has 0 aromatic heterocycles. The van der Waals surface area contributed by atoms with Crippen molar-refractivity contribution in [3.8, 4) is 5.75 Å². The number of ether oxygens (including phenoxy) is 2. The summed E-state index contributed by atoms with van der Waals surface area (Å²) in [4.78, 5) is 23.5. The number of hydrogen-bond donors (Lipinski definition) is 3. The lowest BCUT2D eigenvalue weighted by molar-refractivity contribution is -0.133. The number of rotatable bonds is 10. The molecule has 0 fully saturated rings. The van der Waals surface area contributed by atoms with Gasteiger partial charge in [-0.1, -0.05) is 26.0 Å². The minimum Gasteiger partial charge on any atom is -0.497 e. The van der Waals surface area contributed by atoms with E-state index < -0.39 is 12.1 Å². The van der Waals surface area contributed by atoms with E-state index >= 15 is 0 Å². The fourth-order valence-electron chi connectivity index (χ4n) is 3.56. The van der Waals surface area contributed by atoms with Crippen molar-refractivity contribution >= 4 is 11.9 Å². The van der Waals surface area contributed by atoms with E-state index in [1.165, 1.54) is 6.92 Å².